The summed E-state index contributed by atoms with van der Waals surface area (Å²) in [5, 5.41) is 11.7. The lowest BCUT2D eigenvalue weighted by Crippen LogP contribution is -2.42. The molecule has 2 heterocycles. The first kappa shape index (κ1) is 14.7. The largest absolute Gasteiger partial charge is 0.480 e. The van der Waals surface area contributed by atoms with Crippen LogP contribution in [0, 0.1) is 0 Å². The SMILES string of the molecule is NCc1cc(C(=O)NC(Cc2cnc[nH]2)C(=O)O)ccn1. The Morgan fingerprint density at radius 2 is 2.29 bits per heavy atom. The van der Waals surface area contributed by atoms with Gasteiger partial charge < -0.3 is 21.1 Å². The third-order valence-corrected chi connectivity index (χ3v) is 2.87. The highest BCUT2D eigenvalue weighted by Crippen LogP contribution is 2.04. The van der Waals surface area contributed by atoms with Crippen molar-refractivity contribution in [3.63, 3.8) is 0 Å². The summed E-state index contributed by atoms with van der Waals surface area (Å²) in [4.78, 5) is 33.9. The van der Waals surface area contributed by atoms with E-state index < -0.39 is 17.9 Å². The Labute approximate surface area is 120 Å². The number of nitrogens with zero attached hydrogens (tertiary/aromatic N) is 2. The van der Waals surface area contributed by atoms with Gasteiger partial charge in [0.15, 0.2) is 0 Å². The molecular weight excluding hydrogens is 274 g/mol. The number of aliphatic carboxylic acids is 1. The Morgan fingerprint density at radius 1 is 1.48 bits per heavy atom. The summed E-state index contributed by atoms with van der Waals surface area (Å²) in [6.07, 6.45) is 4.55. The van der Waals surface area contributed by atoms with Crippen molar-refractivity contribution in [3.8, 4) is 0 Å². The fourth-order valence-corrected chi connectivity index (χ4v) is 1.79. The van der Waals surface area contributed by atoms with Crippen LogP contribution in [0.1, 0.15) is 21.7 Å². The number of nitrogens with two attached hydrogens (primary N) is 1. The lowest BCUT2D eigenvalue weighted by molar-refractivity contribution is -0.139. The second kappa shape index (κ2) is 6.62. The van der Waals surface area contributed by atoms with E-state index in [0.717, 1.165) is 0 Å². The number of carboxylic acid groups (broad SMARTS) is 1. The predicted octanol–water partition coefficient (Wildman–Crippen LogP) is -0.311. The molecule has 8 nitrogen and oxygen atoms in total. The van der Waals surface area contributed by atoms with Crippen molar-refractivity contribution in [1.29, 1.82) is 0 Å². The molecule has 0 fully saturated rings. The average Bonchev–Trinajstić information content (AvgIpc) is 2.99. The van der Waals surface area contributed by atoms with Crippen molar-refractivity contribution in [2.75, 3.05) is 0 Å². The molecule has 5 N–H and O–H groups in total. The maximum Gasteiger partial charge on any atom is 0.326 e. The van der Waals surface area contributed by atoms with Crippen molar-refractivity contribution < 1.29 is 14.7 Å². The number of hydrogen-bond acceptors (Lipinski definition) is 5. The molecule has 1 unspecified atom stereocenters. The first-order valence-corrected chi connectivity index (χ1v) is 6.26. The third-order valence-electron chi connectivity index (χ3n) is 2.87. The molecule has 2 aromatic heterocycles. The van der Waals surface area contributed by atoms with Gasteiger partial charge in [-0.2, -0.15) is 0 Å². The van der Waals surface area contributed by atoms with Crippen LogP contribution in [0.25, 0.3) is 0 Å². The van der Waals surface area contributed by atoms with E-state index in [-0.39, 0.29) is 13.0 Å². The van der Waals surface area contributed by atoms with Crippen LogP contribution in [0.2, 0.25) is 0 Å². The van der Waals surface area contributed by atoms with Gasteiger partial charge in [0.2, 0.25) is 0 Å². The smallest absolute Gasteiger partial charge is 0.326 e. The quantitative estimate of drug-likeness (QED) is 0.576. The summed E-state index contributed by atoms with van der Waals surface area (Å²) in [6.45, 7) is 0.206. The fraction of sp³-hybridized carbons (Fsp3) is 0.231. The summed E-state index contributed by atoms with van der Waals surface area (Å²) in [6, 6.07) is 1.99. The molecule has 2 aromatic rings. The second-order valence-electron chi connectivity index (χ2n) is 4.39. The number of imidazole rings is 1. The summed E-state index contributed by atoms with van der Waals surface area (Å²) in [5.41, 5.74) is 6.96. The van der Waals surface area contributed by atoms with Crippen LogP contribution < -0.4 is 11.1 Å². The van der Waals surface area contributed by atoms with Crippen molar-refractivity contribution >= 4 is 11.9 Å². The first-order valence-electron chi connectivity index (χ1n) is 6.26. The van der Waals surface area contributed by atoms with Crippen LogP contribution in [0.4, 0.5) is 0 Å². The highest BCUT2D eigenvalue weighted by Gasteiger charge is 2.21. The molecule has 8 heteroatoms. The van der Waals surface area contributed by atoms with Crippen molar-refractivity contribution in [3.05, 3.63) is 47.8 Å². The number of nitrogens with one attached hydrogen (secondary N) is 2. The zero-order chi connectivity index (χ0) is 15.2. The van der Waals surface area contributed by atoms with Crippen LogP contribution in [-0.2, 0) is 17.8 Å². The van der Waals surface area contributed by atoms with Gasteiger partial charge in [-0.05, 0) is 12.1 Å². The lowest BCUT2D eigenvalue weighted by Gasteiger charge is -2.13. The van der Waals surface area contributed by atoms with Crippen LogP contribution in [0.3, 0.4) is 0 Å². The number of aromatic amines is 1. The minimum atomic E-state index is -1.12. The molecule has 0 aliphatic carbocycles. The number of aromatic nitrogens is 3. The van der Waals surface area contributed by atoms with E-state index in [4.69, 9.17) is 5.73 Å². The van der Waals surface area contributed by atoms with E-state index in [0.29, 0.717) is 17.0 Å². The van der Waals surface area contributed by atoms with Gasteiger partial charge in [-0.25, -0.2) is 9.78 Å². The minimum absolute atomic E-state index is 0.121. The van der Waals surface area contributed by atoms with Gasteiger partial charge in [-0.15, -0.1) is 0 Å². The number of hydrogen-bond donors (Lipinski definition) is 4. The van der Waals surface area contributed by atoms with E-state index >= 15 is 0 Å². The topological polar surface area (TPSA) is 134 Å². The van der Waals surface area contributed by atoms with E-state index in [1.165, 1.54) is 30.9 Å². The molecule has 0 aliphatic rings. The van der Waals surface area contributed by atoms with Gasteiger partial charge in [0.05, 0.1) is 12.0 Å². The van der Waals surface area contributed by atoms with Gasteiger partial charge in [-0.3, -0.25) is 9.78 Å². The first-order chi connectivity index (χ1) is 10.1. The number of H-pyrrole nitrogens is 1. The second-order valence-corrected chi connectivity index (χ2v) is 4.39. The van der Waals surface area contributed by atoms with Gasteiger partial charge in [0.1, 0.15) is 6.04 Å². The van der Waals surface area contributed by atoms with Crippen LogP contribution in [0.5, 0.6) is 0 Å². The molecule has 0 aliphatic heterocycles. The van der Waals surface area contributed by atoms with Gasteiger partial charge in [0.25, 0.3) is 5.91 Å². The molecule has 0 radical (unpaired) electrons. The van der Waals surface area contributed by atoms with E-state index in [1.807, 2.05) is 0 Å². The Hall–Kier alpha value is -2.74. The Kier molecular flexibility index (Phi) is 4.62. The maximum absolute atomic E-state index is 12.1. The highest BCUT2D eigenvalue weighted by atomic mass is 16.4. The Morgan fingerprint density at radius 3 is 2.90 bits per heavy atom. The molecular formula is C13H15N5O3. The van der Waals surface area contributed by atoms with E-state index in [2.05, 4.69) is 20.3 Å². The Bertz CT molecular complexity index is 626. The van der Waals surface area contributed by atoms with Gasteiger partial charge in [0, 0.05) is 36.6 Å². The normalized spacial score (nSPS) is 11.9. The average molecular weight is 289 g/mol. The van der Waals surface area contributed by atoms with Crippen molar-refractivity contribution in [2.45, 2.75) is 19.0 Å². The van der Waals surface area contributed by atoms with Crippen molar-refractivity contribution in [2.24, 2.45) is 5.73 Å². The van der Waals surface area contributed by atoms with E-state index in [1.54, 1.807) is 0 Å². The summed E-state index contributed by atoms with van der Waals surface area (Å²) < 4.78 is 0. The molecule has 110 valence electrons. The molecule has 1 atom stereocenters. The Balaban J connectivity index is 2.08. The van der Waals surface area contributed by atoms with Gasteiger partial charge in [-0.1, -0.05) is 0 Å². The predicted molar refractivity (Wildman–Crippen MR) is 73.3 cm³/mol. The number of pyridine rings is 1. The highest BCUT2D eigenvalue weighted by molar-refractivity contribution is 5.96. The lowest BCUT2D eigenvalue weighted by atomic mass is 10.1. The van der Waals surface area contributed by atoms with Crippen LogP contribution in [-0.4, -0.2) is 38.0 Å². The number of carboxylic acids is 1. The standard InChI is InChI=1S/C13H15N5O3/c14-5-9-3-8(1-2-16-9)12(19)18-11(13(20)21)4-10-6-15-7-17-10/h1-3,6-7,11H,4-5,14H2,(H,15,17)(H,18,19)(H,20,21). The van der Waals surface area contributed by atoms with Crippen LogP contribution >= 0.6 is 0 Å². The van der Waals surface area contributed by atoms with E-state index in [9.17, 15) is 14.7 Å². The molecule has 0 bridgehead atoms. The zero-order valence-electron chi connectivity index (χ0n) is 11.1. The summed E-state index contributed by atoms with van der Waals surface area (Å²) in [5.74, 6) is -1.61. The maximum atomic E-state index is 12.1. The molecule has 0 saturated carbocycles. The summed E-state index contributed by atoms with van der Waals surface area (Å²) in [7, 11) is 0. The molecule has 0 aromatic carbocycles. The minimum Gasteiger partial charge on any atom is -0.480 e. The van der Waals surface area contributed by atoms with Crippen LogP contribution in [0.15, 0.2) is 30.9 Å². The monoisotopic (exact) mass is 289 g/mol. The van der Waals surface area contributed by atoms with Gasteiger partial charge >= 0.3 is 5.97 Å². The molecule has 2 rings (SSSR count). The number of amides is 1. The molecule has 21 heavy (non-hydrogen) atoms. The molecule has 0 saturated heterocycles. The summed E-state index contributed by atoms with van der Waals surface area (Å²) >= 11 is 0. The fourth-order valence-electron chi connectivity index (χ4n) is 1.79. The zero-order valence-corrected chi connectivity index (χ0v) is 11.1. The molecule has 0 spiro atoms. The number of carbonyl (C=O) groups is 2. The van der Waals surface area contributed by atoms with Crippen molar-refractivity contribution in [1.82, 2.24) is 20.3 Å². The molecule has 1 amide bonds. The number of rotatable bonds is 6. The third kappa shape index (κ3) is 3.86. The number of carbonyl (C=O) groups excluding carboxylic acids is 1.